The molecule has 0 radical (unpaired) electrons. The van der Waals surface area contributed by atoms with Gasteiger partial charge in [0, 0.05) is 30.2 Å². The first kappa shape index (κ1) is 19.6. The van der Waals surface area contributed by atoms with Crippen molar-refractivity contribution >= 4 is 17.5 Å². The predicted molar refractivity (Wildman–Crippen MR) is 95.1 cm³/mol. The second-order valence-corrected chi connectivity index (χ2v) is 9.31. The number of Topliss-reactive ketones (excluding diaryl/α,β-unsaturated/α-hetero) is 1. The molecule has 154 valence electrons. The second-order valence-electron chi connectivity index (χ2n) is 9.31. The number of hydrogen-bond acceptors (Lipinski definition) is 3. The van der Waals surface area contributed by atoms with Crippen molar-refractivity contribution in [3.05, 3.63) is 11.6 Å². The molecule has 0 heterocycles. The van der Waals surface area contributed by atoms with Gasteiger partial charge in [-0.15, -0.1) is 0 Å². The quantitative estimate of drug-likeness (QED) is 0.772. The summed E-state index contributed by atoms with van der Waals surface area (Å²) in [4.78, 5) is 36.0. The summed E-state index contributed by atoms with van der Waals surface area (Å²) < 4.78 is 38.3. The molecular formula is C21H26F3NO3. The molecule has 4 aliphatic carbocycles. The number of alkyl halides is 3. The number of ketones is 2. The summed E-state index contributed by atoms with van der Waals surface area (Å²) in [7, 11) is 0. The third-order valence-corrected chi connectivity index (χ3v) is 8.22. The summed E-state index contributed by atoms with van der Waals surface area (Å²) in [5, 5.41) is 2.13. The highest BCUT2D eigenvalue weighted by atomic mass is 19.4. The van der Waals surface area contributed by atoms with E-state index in [-0.39, 0.29) is 35.5 Å². The van der Waals surface area contributed by atoms with Gasteiger partial charge in [0.1, 0.15) is 5.78 Å². The molecule has 7 heteroatoms. The fourth-order valence-electron chi connectivity index (χ4n) is 6.80. The van der Waals surface area contributed by atoms with Crippen molar-refractivity contribution in [1.82, 2.24) is 5.32 Å². The van der Waals surface area contributed by atoms with Crippen molar-refractivity contribution in [1.29, 1.82) is 0 Å². The van der Waals surface area contributed by atoms with Crippen LogP contribution in [0, 0.1) is 28.6 Å². The third-order valence-electron chi connectivity index (χ3n) is 8.22. The molecule has 5 atom stereocenters. The predicted octanol–water partition coefficient (Wildman–Crippen LogP) is 3.75. The minimum absolute atomic E-state index is 0.0166. The zero-order valence-electron chi connectivity index (χ0n) is 16.0. The molecule has 4 rings (SSSR count). The molecule has 1 N–H and O–H groups in total. The Balaban J connectivity index is 1.66. The van der Waals surface area contributed by atoms with E-state index >= 15 is 0 Å². The van der Waals surface area contributed by atoms with Gasteiger partial charge in [-0.3, -0.25) is 14.4 Å². The van der Waals surface area contributed by atoms with Crippen molar-refractivity contribution in [2.45, 2.75) is 64.5 Å². The Morgan fingerprint density at radius 3 is 2.57 bits per heavy atom. The Kier molecular flexibility index (Phi) is 4.51. The number of hydrogen-bond donors (Lipinski definition) is 1. The largest absolute Gasteiger partial charge is 0.471 e. The minimum Gasteiger partial charge on any atom is -0.347 e. The normalized spacial score (nSPS) is 40.3. The third kappa shape index (κ3) is 2.84. The maximum absolute atomic E-state index is 12.8. The van der Waals surface area contributed by atoms with Crippen LogP contribution in [0.2, 0.25) is 0 Å². The molecule has 0 saturated heterocycles. The Morgan fingerprint density at radius 2 is 1.86 bits per heavy atom. The lowest BCUT2D eigenvalue weighted by atomic mass is 9.47. The van der Waals surface area contributed by atoms with Crippen LogP contribution in [-0.2, 0) is 14.4 Å². The fourth-order valence-corrected chi connectivity index (χ4v) is 6.80. The molecule has 4 nitrogen and oxygen atoms in total. The van der Waals surface area contributed by atoms with Gasteiger partial charge in [0.25, 0.3) is 0 Å². The van der Waals surface area contributed by atoms with Crippen molar-refractivity contribution in [2.24, 2.45) is 28.6 Å². The van der Waals surface area contributed by atoms with E-state index in [1.54, 1.807) is 6.08 Å². The molecule has 4 aliphatic rings. The zero-order chi connectivity index (χ0) is 20.3. The minimum atomic E-state index is -4.91. The number of rotatable bonds is 2. The van der Waals surface area contributed by atoms with E-state index in [4.69, 9.17) is 0 Å². The van der Waals surface area contributed by atoms with E-state index in [0.29, 0.717) is 31.5 Å². The molecule has 28 heavy (non-hydrogen) atoms. The van der Waals surface area contributed by atoms with Gasteiger partial charge in [0.05, 0.1) is 0 Å². The lowest BCUT2D eigenvalue weighted by Crippen LogP contribution is -2.56. The van der Waals surface area contributed by atoms with Crippen LogP contribution in [0.15, 0.2) is 11.6 Å². The van der Waals surface area contributed by atoms with Crippen molar-refractivity contribution < 1.29 is 27.6 Å². The summed E-state index contributed by atoms with van der Waals surface area (Å²) in [5.41, 5.74) is -0.00560. The van der Waals surface area contributed by atoms with E-state index < -0.39 is 17.5 Å². The second kappa shape index (κ2) is 6.42. The van der Waals surface area contributed by atoms with E-state index in [9.17, 15) is 27.6 Å². The Hall–Kier alpha value is -1.66. The molecular weight excluding hydrogens is 371 g/mol. The van der Waals surface area contributed by atoms with Crippen molar-refractivity contribution in [2.75, 3.05) is 6.54 Å². The van der Waals surface area contributed by atoms with E-state index in [2.05, 4.69) is 12.2 Å². The monoisotopic (exact) mass is 397 g/mol. The number of nitrogens with one attached hydrogen (secondary N) is 1. The Bertz CT molecular complexity index is 758. The van der Waals surface area contributed by atoms with Crippen LogP contribution in [0.1, 0.15) is 58.3 Å². The van der Waals surface area contributed by atoms with Crippen molar-refractivity contribution in [3.63, 3.8) is 0 Å². The highest BCUT2D eigenvalue weighted by Gasteiger charge is 2.60. The molecule has 0 bridgehead atoms. The van der Waals surface area contributed by atoms with Gasteiger partial charge in [-0.1, -0.05) is 12.5 Å². The molecule has 1 amide bonds. The highest BCUT2D eigenvalue weighted by Crippen LogP contribution is 2.64. The van der Waals surface area contributed by atoms with Gasteiger partial charge < -0.3 is 5.32 Å². The lowest BCUT2D eigenvalue weighted by Gasteiger charge is -2.58. The molecule has 0 spiro atoms. The van der Waals surface area contributed by atoms with E-state index in [1.807, 2.05) is 0 Å². The average Bonchev–Trinajstić information content (AvgIpc) is 2.94. The van der Waals surface area contributed by atoms with Gasteiger partial charge in [0.15, 0.2) is 5.78 Å². The molecule has 0 aromatic heterocycles. The summed E-state index contributed by atoms with van der Waals surface area (Å²) in [6, 6.07) is 0. The first-order valence-electron chi connectivity index (χ1n) is 10.2. The Labute approximate surface area is 162 Å². The number of halogens is 3. The fraction of sp³-hybridized carbons (Fsp3) is 0.762. The van der Waals surface area contributed by atoms with Gasteiger partial charge in [-0.25, -0.2) is 0 Å². The Morgan fingerprint density at radius 1 is 1.11 bits per heavy atom. The van der Waals surface area contributed by atoms with Gasteiger partial charge >= 0.3 is 12.1 Å². The van der Waals surface area contributed by atoms with E-state index in [0.717, 1.165) is 31.3 Å². The van der Waals surface area contributed by atoms with Crippen molar-refractivity contribution in [3.8, 4) is 0 Å². The summed E-state index contributed by atoms with van der Waals surface area (Å²) in [5.74, 6) is -0.958. The van der Waals surface area contributed by atoms with Gasteiger partial charge in [0.2, 0.25) is 0 Å². The van der Waals surface area contributed by atoms with Crippen LogP contribution in [0.25, 0.3) is 0 Å². The molecule has 0 aromatic rings. The van der Waals surface area contributed by atoms with Crippen LogP contribution in [-0.4, -0.2) is 30.2 Å². The molecule has 0 aliphatic heterocycles. The average molecular weight is 397 g/mol. The topological polar surface area (TPSA) is 63.2 Å². The standard InChI is InChI=1S/C21H26F3NO3/c1-19-8-7-16-14(15(19)4-5-17(19)27)3-2-12-10-13(26)6-9-20(12,16)11-25-18(28)21(22,23)24/h10,14-16H,2-9,11H2,1H3,(H,25,28)/t14-,15-,16+,19-,20+/m0/s1. The van der Waals surface area contributed by atoms with Crippen LogP contribution < -0.4 is 5.32 Å². The summed E-state index contributed by atoms with van der Waals surface area (Å²) in [6.45, 7) is 1.97. The van der Waals surface area contributed by atoms with Gasteiger partial charge in [-0.2, -0.15) is 13.2 Å². The molecule has 0 unspecified atom stereocenters. The molecule has 3 fully saturated rings. The highest BCUT2D eigenvalue weighted by molar-refractivity contribution is 5.92. The van der Waals surface area contributed by atoms with Gasteiger partial charge in [-0.05, 0) is 62.4 Å². The number of amides is 1. The maximum atomic E-state index is 12.8. The maximum Gasteiger partial charge on any atom is 0.471 e. The molecule has 3 saturated carbocycles. The van der Waals surface area contributed by atoms with Crippen LogP contribution >= 0.6 is 0 Å². The molecule has 0 aromatic carbocycles. The first-order chi connectivity index (χ1) is 13.1. The first-order valence-corrected chi connectivity index (χ1v) is 10.2. The number of fused-ring (bicyclic) bond motifs is 5. The smallest absolute Gasteiger partial charge is 0.347 e. The van der Waals surface area contributed by atoms with E-state index in [1.165, 1.54) is 0 Å². The lowest BCUT2D eigenvalue weighted by molar-refractivity contribution is -0.174. The summed E-state index contributed by atoms with van der Waals surface area (Å²) >= 11 is 0. The van der Waals surface area contributed by atoms with Crippen LogP contribution in [0.3, 0.4) is 0 Å². The summed E-state index contributed by atoms with van der Waals surface area (Å²) in [6.07, 6.45) is 1.95. The number of carbonyl (C=O) groups excluding carboxylic acids is 3. The SMILES string of the molecule is C[C@]12CC[C@@H]3[C@@H](CCC4=CC(=O)CC[C@@]43CNC(=O)C(F)(F)F)[C@@H]1CCC2=O. The van der Waals surface area contributed by atoms with Crippen LogP contribution in [0.5, 0.6) is 0 Å². The zero-order valence-corrected chi connectivity index (χ0v) is 16.0. The number of carbonyl (C=O) groups is 3. The van der Waals surface area contributed by atoms with Crippen LogP contribution in [0.4, 0.5) is 13.2 Å².